The monoisotopic (exact) mass is 326 g/mol. The summed E-state index contributed by atoms with van der Waals surface area (Å²) >= 11 is 0. The van der Waals surface area contributed by atoms with Gasteiger partial charge < -0.3 is 9.84 Å². The molecule has 1 saturated heterocycles. The van der Waals surface area contributed by atoms with Crippen molar-refractivity contribution < 1.29 is 9.84 Å². The molecule has 1 aliphatic heterocycles. The number of β-amino-alcohol motifs (C(OH)–C–C–N with tert-alkyl or cyclic N) is 1. The smallest absolute Gasteiger partial charge is 0.125 e. The predicted molar refractivity (Wildman–Crippen MR) is 95.2 cm³/mol. The van der Waals surface area contributed by atoms with Gasteiger partial charge in [0.15, 0.2) is 0 Å². The zero-order valence-electron chi connectivity index (χ0n) is 14.5. The molecule has 2 heterocycles. The van der Waals surface area contributed by atoms with Crippen molar-refractivity contribution in [3.05, 3.63) is 59.4 Å². The lowest BCUT2D eigenvalue weighted by atomic mass is 10.1. The molecule has 0 radical (unpaired) electrons. The van der Waals surface area contributed by atoms with E-state index in [4.69, 9.17) is 4.74 Å². The molecule has 2 aromatic rings. The quantitative estimate of drug-likeness (QED) is 0.885. The number of benzene rings is 1. The minimum absolute atomic E-state index is 0.325. The van der Waals surface area contributed by atoms with E-state index in [1.807, 2.05) is 44.4 Å². The van der Waals surface area contributed by atoms with Crippen LogP contribution in [-0.2, 0) is 0 Å². The summed E-state index contributed by atoms with van der Waals surface area (Å²) in [4.78, 5) is 6.45. The Morgan fingerprint density at radius 1 is 1.21 bits per heavy atom. The van der Waals surface area contributed by atoms with Gasteiger partial charge in [-0.3, -0.25) is 9.88 Å². The van der Waals surface area contributed by atoms with E-state index in [1.165, 1.54) is 5.56 Å². The normalized spacial score (nSPS) is 19.4. The number of ether oxygens (including phenoxy) is 1. The minimum atomic E-state index is -0.494. The van der Waals surface area contributed by atoms with E-state index in [-0.39, 0.29) is 0 Å². The van der Waals surface area contributed by atoms with Gasteiger partial charge in [-0.05, 0) is 62.1 Å². The molecule has 1 aromatic heterocycles. The second kappa shape index (κ2) is 7.77. The van der Waals surface area contributed by atoms with Crippen LogP contribution in [0.3, 0.4) is 0 Å². The highest BCUT2D eigenvalue weighted by Crippen LogP contribution is 2.31. The first-order valence-corrected chi connectivity index (χ1v) is 8.66. The molecule has 1 aliphatic rings. The van der Waals surface area contributed by atoms with Crippen molar-refractivity contribution in [2.45, 2.75) is 38.8 Å². The van der Waals surface area contributed by atoms with Gasteiger partial charge in [0.05, 0.1) is 0 Å². The third-order valence-corrected chi connectivity index (χ3v) is 4.73. The second-order valence-corrected chi connectivity index (χ2v) is 6.62. The Morgan fingerprint density at radius 2 is 1.92 bits per heavy atom. The highest BCUT2D eigenvalue weighted by molar-refractivity contribution is 5.39. The van der Waals surface area contributed by atoms with Gasteiger partial charge >= 0.3 is 0 Å². The van der Waals surface area contributed by atoms with Crippen molar-refractivity contribution in [3.8, 4) is 5.75 Å². The van der Waals surface area contributed by atoms with Gasteiger partial charge in [-0.15, -0.1) is 0 Å². The number of likely N-dealkylation sites (tertiary alicyclic amines) is 1. The van der Waals surface area contributed by atoms with Crippen LogP contribution in [-0.4, -0.2) is 40.8 Å². The Morgan fingerprint density at radius 3 is 2.62 bits per heavy atom. The number of para-hydroxylation sites is 1. The highest BCUT2D eigenvalue weighted by Gasteiger charge is 2.27. The number of aromatic nitrogens is 1. The molecule has 2 unspecified atom stereocenters. The van der Waals surface area contributed by atoms with Crippen molar-refractivity contribution in [1.29, 1.82) is 0 Å². The first-order valence-electron chi connectivity index (χ1n) is 8.66. The third-order valence-electron chi connectivity index (χ3n) is 4.73. The minimum Gasteiger partial charge on any atom is -0.490 e. The Bertz CT molecular complexity index is 640. The average molecular weight is 326 g/mol. The molecule has 4 nitrogen and oxygen atoms in total. The molecular weight excluding hydrogens is 300 g/mol. The summed E-state index contributed by atoms with van der Waals surface area (Å²) in [5, 5.41) is 10.4. The van der Waals surface area contributed by atoms with Gasteiger partial charge in [0.2, 0.25) is 0 Å². The summed E-state index contributed by atoms with van der Waals surface area (Å²) in [6.45, 7) is 6.06. The van der Waals surface area contributed by atoms with Gasteiger partial charge in [0, 0.05) is 25.0 Å². The number of pyridine rings is 1. The van der Waals surface area contributed by atoms with Crippen molar-refractivity contribution >= 4 is 0 Å². The van der Waals surface area contributed by atoms with Crippen LogP contribution in [0.2, 0.25) is 0 Å². The molecule has 0 saturated carbocycles. The van der Waals surface area contributed by atoms with Gasteiger partial charge in [-0.25, -0.2) is 0 Å². The molecule has 0 aliphatic carbocycles. The standard InChI is InChI=1S/C20H26N2O2/c1-15-5-3-6-16(2)20(15)24-14-18(23)13-22-12-4-7-19(22)17-8-10-21-11-9-17/h3,5-6,8-11,18-19,23H,4,7,12-14H2,1-2H3. The van der Waals surface area contributed by atoms with E-state index in [2.05, 4.69) is 22.0 Å². The van der Waals surface area contributed by atoms with Crippen molar-refractivity contribution in [3.63, 3.8) is 0 Å². The maximum Gasteiger partial charge on any atom is 0.125 e. The Labute approximate surface area is 144 Å². The Kier molecular flexibility index (Phi) is 5.48. The molecule has 1 fully saturated rings. The number of rotatable bonds is 6. The molecule has 4 heteroatoms. The number of aryl methyl sites for hydroxylation is 2. The fourth-order valence-corrected chi connectivity index (χ4v) is 3.54. The van der Waals surface area contributed by atoms with Crippen molar-refractivity contribution in [2.24, 2.45) is 0 Å². The first-order chi connectivity index (χ1) is 11.6. The second-order valence-electron chi connectivity index (χ2n) is 6.62. The molecule has 128 valence electrons. The molecule has 0 bridgehead atoms. The van der Waals surface area contributed by atoms with E-state index < -0.39 is 6.10 Å². The molecule has 2 atom stereocenters. The number of aliphatic hydroxyl groups is 1. The summed E-state index contributed by atoms with van der Waals surface area (Å²) in [7, 11) is 0. The van der Waals surface area contributed by atoms with Crippen LogP contribution < -0.4 is 4.74 Å². The zero-order valence-corrected chi connectivity index (χ0v) is 14.5. The number of aliphatic hydroxyl groups excluding tert-OH is 1. The molecule has 1 aromatic carbocycles. The molecule has 0 spiro atoms. The first kappa shape index (κ1) is 16.9. The number of hydrogen-bond donors (Lipinski definition) is 1. The van der Waals surface area contributed by atoms with Gasteiger partial charge in [0.25, 0.3) is 0 Å². The summed E-state index contributed by atoms with van der Waals surface area (Å²) in [6.07, 6.45) is 5.48. The van der Waals surface area contributed by atoms with E-state index in [0.29, 0.717) is 19.2 Å². The summed E-state index contributed by atoms with van der Waals surface area (Å²) < 4.78 is 5.89. The molecule has 24 heavy (non-hydrogen) atoms. The van der Waals surface area contributed by atoms with Crippen LogP contribution in [0.15, 0.2) is 42.7 Å². The molecular formula is C20H26N2O2. The lowest BCUT2D eigenvalue weighted by Crippen LogP contribution is -2.35. The van der Waals surface area contributed by atoms with Crippen LogP contribution in [0.1, 0.15) is 35.6 Å². The molecule has 3 rings (SSSR count). The average Bonchev–Trinajstić information content (AvgIpc) is 3.03. The van der Waals surface area contributed by atoms with Crippen molar-refractivity contribution in [1.82, 2.24) is 9.88 Å². The number of hydrogen-bond acceptors (Lipinski definition) is 4. The molecule has 1 N–H and O–H groups in total. The van der Waals surface area contributed by atoms with Crippen LogP contribution in [0.5, 0.6) is 5.75 Å². The van der Waals surface area contributed by atoms with E-state index >= 15 is 0 Å². The zero-order chi connectivity index (χ0) is 16.9. The van der Waals surface area contributed by atoms with Gasteiger partial charge in [-0.2, -0.15) is 0 Å². The Hall–Kier alpha value is -1.91. The fraction of sp³-hybridized carbons (Fsp3) is 0.450. The lowest BCUT2D eigenvalue weighted by molar-refractivity contribution is 0.0634. The Balaban J connectivity index is 1.57. The maximum atomic E-state index is 10.4. The van der Waals surface area contributed by atoms with E-state index in [1.54, 1.807) is 0 Å². The van der Waals surface area contributed by atoms with E-state index in [0.717, 1.165) is 36.3 Å². The van der Waals surface area contributed by atoms with Crippen LogP contribution in [0.25, 0.3) is 0 Å². The third kappa shape index (κ3) is 3.94. The van der Waals surface area contributed by atoms with Gasteiger partial charge in [0.1, 0.15) is 18.5 Å². The summed E-state index contributed by atoms with van der Waals surface area (Å²) in [5.74, 6) is 0.892. The molecule has 0 amide bonds. The fourth-order valence-electron chi connectivity index (χ4n) is 3.54. The lowest BCUT2D eigenvalue weighted by Gasteiger charge is -2.27. The number of nitrogens with zero attached hydrogens (tertiary/aromatic N) is 2. The largest absolute Gasteiger partial charge is 0.490 e. The van der Waals surface area contributed by atoms with Gasteiger partial charge in [-0.1, -0.05) is 18.2 Å². The van der Waals surface area contributed by atoms with Crippen LogP contribution in [0, 0.1) is 13.8 Å². The topological polar surface area (TPSA) is 45.6 Å². The SMILES string of the molecule is Cc1cccc(C)c1OCC(O)CN1CCCC1c1ccncc1. The van der Waals surface area contributed by atoms with Crippen molar-refractivity contribution in [2.75, 3.05) is 19.7 Å². The predicted octanol–water partition coefficient (Wildman–Crippen LogP) is 3.28. The highest BCUT2D eigenvalue weighted by atomic mass is 16.5. The van der Waals surface area contributed by atoms with Crippen LogP contribution >= 0.6 is 0 Å². The summed E-state index contributed by atoms with van der Waals surface area (Å²) in [6, 6.07) is 10.6. The maximum absolute atomic E-state index is 10.4. The van der Waals surface area contributed by atoms with Crippen LogP contribution in [0.4, 0.5) is 0 Å². The summed E-state index contributed by atoms with van der Waals surface area (Å²) in [5.41, 5.74) is 3.50. The van der Waals surface area contributed by atoms with E-state index in [9.17, 15) is 5.11 Å².